The molecule has 4 heteroatoms. The third-order valence-corrected chi connectivity index (χ3v) is 4.08. The molecule has 0 aliphatic heterocycles. The summed E-state index contributed by atoms with van der Waals surface area (Å²) in [5.41, 5.74) is -0.180. The van der Waals surface area contributed by atoms with Gasteiger partial charge in [-0.25, -0.2) is 4.98 Å². The summed E-state index contributed by atoms with van der Waals surface area (Å²) in [6, 6.07) is 5.80. The molecule has 0 aromatic carbocycles. The van der Waals surface area contributed by atoms with Gasteiger partial charge in [-0.15, -0.1) is 0 Å². The minimum atomic E-state index is -0.180. The zero-order valence-electron chi connectivity index (χ0n) is 10.1. The zero-order valence-corrected chi connectivity index (χ0v) is 11.7. The van der Waals surface area contributed by atoms with Gasteiger partial charge in [0.05, 0.1) is 12.1 Å². The van der Waals surface area contributed by atoms with E-state index in [1.54, 1.807) is 0 Å². The second-order valence-electron chi connectivity index (χ2n) is 5.09. The number of rotatable bonds is 3. The number of hydrogen-bond donors (Lipinski definition) is 2. The van der Waals surface area contributed by atoms with Gasteiger partial charge in [0.2, 0.25) is 0 Å². The number of nitrogens with zero attached hydrogens (tertiary/aromatic N) is 1. The van der Waals surface area contributed by atoms with Gasteiger partial charge < -0.3 is 10.4 Å². The predicted molar refractivity (Wildman–Crippen MR) is 73.0 cm³/mol. The van der Waals surface area contributed by atoms with E-state index in [0.717, 1.165) is 29.2 Å². The summed E-state index contributed by atoms with van der Waals surface area (Å²) in [7, 11) is 0. The van der Waals surface area contributed by atoms with E-state index in [4.69, 9.17) is 0 Å². The molecule has 1 aromatic heterocycles. The van der Waals surface area contributed by atoms with E-state index in [1.807, 2.05) is 18.2 Å². The molecule has 2 rings (SSSR count). The highest BCUT2D eigenvalue weighted by Gasteiger charge is 2.33. The summed E-state index contributed by atoms with van der Waals surface area (Å²) in [6.07, 6.45) is 4.36. The Labute approximate surface area is 111 Å². The molecule has 94 valence electrons. The highest BCUT2D eigenvalue weighted by atomic mass is 79.9. The lowest BCUT2D eigenvalue weighted by Gasteiger charge is -2.39. The summed E-state index contributed by atoms with van der Waals surface area (Å²) < 4.78 is 0.819. The molecule has 0 saturated heterocycles. The Balaban J connectivity index is 2.09. The van der Waals surface area contributed by atoms with Gasteiger partial charge in [0, 0.05) is 0 Å². The van der Waals surface area contributed by atoms with Crippen LogP contribution < -0.4 is 5.32 Å². The van der Waals surface area contributed by atoms with Crippen molar-refractivity contribution in [2.45, 2.75) is 38.1 Å². The fourth-order valence-electron chi connectivity index (χ4n) is 2.39. The van der Waals surface area contributed by atoms with Crippen LogP contribution in [0.5, 0.6) is 0 Å². The van der Waals surface area contributed by atoms with Crippen LogP contribution in [-0.4, -0.2) is 22.2 Å². The lowest BCUT2D eigenvalue weighted by Crippen LogP contribution is -2.45. The SMILES string of the molecule is CC1CCC(CO)(Nc2cccc(Br)n2)CC1. The normalized spacial score (nSPS) is 29.0. The summed E-state index contributed by atoms with van der Waals surface area (Å²) in [5.74, 6) is 1.61. The summed E-state index contributed by atoms with van der Waals surface area (Å²) >= 11 is 3.36. The maximum Gasteiger partial charge on any atom is 0.127 e. The molecule has 0 unspecified atom stereocenters. The second-order valence-corrected chi connectivity index (χ2v) is 5.90. The van der Waals surface area contributed by atoms with Crippen LogP contribution in [0.25, 0.3) is 0 Å². The van der Waals surface area contributed by atoms with Gasteiger partial charge >= 0.3 is 0 Å². The van der Waals surface area contributed by atoms with Crippen molar-refractivity contribution in [2.75, 3.05) is 11.9 Å². The van der Waals surface area contributed by atoms with E-state index < -0.39 is 0 Å². The van der Waals surface area contributed by atoms with Crippen molar-refractivity contribution in [1.82, 2.24) is 4.98 Å². The third-order valence-electron chi connectivity index (χ3n) is 3.64. The number of aliphatic hydroxyl groups excluding tert-OH is 1. The van der Waals surface area contributed by atoms with E-state index in [9.17, 15) is 5.11 Å². The average Bonchev–Trinajstić information content (AvgIpc) is 2.33. The largest absolute Gasteiger partial charge is 0.394 e. The number of anilines is 1. The van der Waals surface area contributed by atoms with E-state index >= 15 is 0 Å². The van der Waals surface area contributed by atoms with Crippen molar-refractivity contribution in [3.05, 3.63) is 22.8 Å². The molecule has 1 saturated carbocycles. The zero-order chi connectivity index (χ0) is 12.3. The topological polar surface area (TPSA) is 45.1 Å². The van der Waals surface area contributed by atoms with Gasteiger partial charge in [-0.1, -0.05) is 13.0 Å². The molecule has 1 aromatic rings. The smallest absolute Gasteiger partial charge is 0.127 e. The molecule has 1 fully saturated rings. The van der Waals surface area contributed by atoms with E-state index in [-0.39, 0.29) is 12.1 Å². The number of nitrogens with one attached hydrogen (secondary N) is 1. The average molecular weight is 299 g/mol. The molecule has 1 aliphatic rings. The van der Waals surface area contributed by atoms with Crippen molar-refractivity contribution in [3.8, 4) is 0 Å². The highest BCUT2D eigenvalue weighted by molar-refractivity contribution is 9.10. The first-order valence-corrected chi connectivity index (χ1v) is 6.94. The molecular weight excluding hydrogens is 280 g/mol. The molecule has 0 spiro atoms. The molecule has 1 heterocycles. The maximum absolute atomic E-state index is 9.66. The maximum atomic E-state index is 9.66. The van der Waals surface area contributed by atoms with Crippen LogP contribution in [-0.2, 0) is 0 Å². The van der Waals surface area contributed by atoms with Crippen molar-refractivity contribution < 1.29 is 5.11 Å². The molecule has 0 radical (unpaired) electrons. The number of aliphatic hydroxyl groups is 1. The molecular formula is C13H19BrN2O. The Morgan fingerprint density at radius 2 is 2.18 bits per heavy atom. The number of hydrogen-bond acceptors (Lipinski definition) is 3. The first-order valence-electron chi connectivity index (χ1n) is 6.15. The molecule has 1 aliphatic carbocycles. The van der Waals surface area contributed by atoms with Gasteiger partial charge in [0.15, 0.2) is 0 Å². The molecule has 3 nitrogen and oxygen atoms in total. The summed E-state index contributed by atoms with van der Waals surface area (Å²) in [4.78, 5) is 4.37. The van der Waals surface area contributed by atoms with Crippen LogP contribution in [0, 0.1) is 5.92 Å². The van der Waals surface area contributed by atoms with Gasteiger partial charge in [-0.2, -0.15) is 0 Å². The van der Waals surface area contributed by atoms with Gasteiger partial charge in [0.25, 0.3) is 0 Å². The van der Waals surface area contributed by atoms with Crippen LogP contribution in [0.15, 0.2) is 22.8 Å². The van der Waals surface area contributed by atoms with Crippen LogP contribution in [0.2, 0.25) is 0 Å². The molecule has 17 heavy (non-hydrogen) atoms. The molecule has 2 N–H and O–H groups in total. The number of halogens is 1. The van der Waals surface area contributed by atoms with Gasteiger partial charge in [0.1, 0.15) is 10.4 Å². The molecule has 0 bridgehead atoms. The Hall–Kier alpha value is -0.610. The standard InChI is InChI=1S/C13H19BrN2O/c1-10-5-7-13(9-17,8-6-10)16-12-4-2-3-11(14)15-12/h2-4,10,17H,5-9H2,1H3,(H,15,16). The van der Waals surface area contributed by atoms with Crippen LogP contribution in [0.3, 0.4) is 0 Å². The van der Waals surface area contributed by atoms with E-state index in [0.29, 0.717) is 0 Å². The lowest BCUT2D eigenvalue weighted by atomic mass is 9.77. The van der Waals surface area contributed by atoms with Crippen molar-refractivity contribution in [1.29, 1.82) is 0 Å². The van der Waals surface area contributed by atoms with Crippen molar-refractivity contribution in [2.24, 2.45) is 5.92 Å². The second kappa shape index (κ2) is 5.36. The van der Waals surface area contributed by atoms with Crippen LogP contribution in [0.1, 0.15) is 32.6 Å². The van der Waals surface area contributed by atoms with Crippen molar-refractivity contribution in [3.63, 3.8) is 0 Å². The first kappa shape index (κ1) is 12.8. The summed E-state index contributed by atoms with van der Waals surface area (Å²) in [6.45, 7) is 2.45. The fraction of sp³-hybridized carbons (Fsp3) is 0.615. The lowest BCUT2D eigenvalue weighted by molar-refractivity contribution is 0.155. The van der Waals surface area contributed by atoms with E-state index in [1.165, 1.54) is 12.8 Å². The quantitative estimate of drug-likeness (QED) is 0.843. The molecule has 0 amide bonds. The Kier molecular flexibility index (Phi) is 4.05. The van der Waals surface area contributed by atoms with Crippen molar-refractivity contribution >= 4 is 21.7 Å². The van der Waals surface area contributed by atoms with Crippen LogP contribution in [0.4, 0.5) is 5.82 Å². The Morgan fingerprint density at radius 3 is 2.76 bits per heavy atom. The number of pyridine rings is 1. The van der Waals surface area contributed by atoms with Gasteiger partial charge in [-0.3, -0.25) is 0 Å². The third kappa shape index (κ3) is 3.19. The Bertz CT molecular complexity index is 375. The Morgan fingerprint density at radius 1 is 1.47 bits per heavy atom. The highest BCUT2D eigenvalue weighted by Crippen LogP contribution is 2.34. The minimum Gasteiger partial charge on any atom is -0.394 e. The predicted octanol–water partition coefficient (Wildman–Crippen LogP) is 3.20. The first-order chi connectivity index (χ1) is 8.13. The number of aromatic nitrogens is 1. The van der Waals surface area contributed by atoms with E-state index in [2.05, 4.69) is 33.2 Å². The molecule has 0 atom stereocenters. The fourth-order valence-corrected chi connectivity index (χ4v) is 2.73. The summed E-state index contributed by atoms with van der Waals surface area (Å²) in [5, 5.41) is 13.1. The minimum absolute atomic E-state index is 0.175. The van der Waals surface area contributed by atoms with Crippen LogP contribution >= 0.6 is 15.9 Å². The monoisotopic (exact) mass is 298 g/mol. The van der Waals surface area contributed by atoms with Gasteiger partial charge in [-0.05, 0) is 59.7 Å².